The highest BCUT2D eigenvalue weighted by Crippen LogP contribution is 2.26. The van der Waals surface area contributed by atoms with E-state index in [-0.39, 0.29) is 6.61 Å². The van der Waals surface area contributed by atoms with Crippen LogP contribution in [0.3, 0.4) is 0 Å². The maximum atomic E-state index is 10.4. The molecule has 0 aromatic carbocycles. The van der Waals surface area contributed by atoms with Crippen LogP contribution < -0.4 is 0 Å². The molecular formula is C13H25BO11. The van der Waals surface area contributed by atoms with Gasteiger partial charge in [-0.2, -0.15) is 0 Å². The lowest BCUT2D eigenvalue weighted by Gasteiger charge is -2.42. The molecule has 0 bridgehead atoms. The Kier molecular flexibility index (Phi) is 7.55. The van der Waals surface area contributed by atoms with Crippen LogP contribution in [-0.4, -0.2) is 118 Å². The van der Waals surface area contributed by atoms with E-state index in [1.54, 1.807) is 6.82 Å². The third-order valence-electron chi connectivity index (χ3n) is 4.29. The van der Waals surface area contributed by atoms with E-state index in [2.05, 4.69) is 0 Å². The van der Waals surface area contributed by atoms with Gasteiger partial charge in [-0.3, -0.25) is 0 Å². The Morgan fingerprint density at radius 2 is 1.80 bits per heavy atom. The van der Waals surface area contributed by atoms with E-state index in [0.29, 0.717) is 0 Å². The SMILES string of the molecule is CB1OCC([C@@H](O)[C@H](O[C@H]2O[C@H](CO)[C@@H](O)[C@H](O)[C@H]2O)[C@H](O)CO)O1. The Balaban J connectivity index is 2.10. The van der Waals surface area contributed by atoms with Crippen LogP contribution in [0.5, 0.6) is 0 Å². The van der Waals surface area contributed by atoms with E-state index in [1.165, 1.54) is 0 Å². The molecule has 2 fully saturated rings. The second-order valence-corrected chi connectivity index (χ2v) is 6.11. The first kappa shape index (κ1) is 20.9. The van der Waals surface area contributed by atoms with Gasteiger partial charge in [0.05, 0.1) is 25.9 Å². The van der Waals surface area contributed by atoms with Crippen molar-refractivity contribution in [3.8, 4) is 0 Å². The molecule has 0 aromatic heterocycles. The van der Waals surface area contributed by atoms with Crippen LogP contribution in [0, 0.1) is 0 Å². The zero-order valence-electron chi connectivity index (χ0n) is 13.7. The molecule has 2 heterocycles. The molecular weight excluding hydrogens is 343 g/mol. The van der Waals surface area contributed by atoms with Crippen LogP contribution in [0.2, 0.25) is 6.82 Å². The standard InChI is InChI=1S/C13H25BO11/c1-14-22-4-7(25-14)9(19)12(5(17)2-15)24-13-11(21)10(20)8(18)6(3-16)23-13/h5-13,15-21H,2-4H2,1H3/t5-,6-,7?,8-,9-,10+,11-,12-,13-/m1/s1. The van der Waals surface area contributed by atoms with Crippen molar-refractivity contribution in [3.63, 3.8) is 0 Å². The second-order valence-electron chi connectivity index (χ2n) is 6.11. The average Bonchev–Trinajstić information content (AvgIpc) is 3.04. The summed E-state index contributed by atoms with van der Waals surface area (Å²) in [6.45, 7) is 0.220. The molecule has 2 aliphatic rings. The van der Waals surface area contributed by atoms with Crippen molar-refractivity contribution < 1.29 is 54.5 Å². The molecule has 0 amide bonds. The zero-order valence-corrected chi connectivity index (χ0v) is 13.7. The highest BCUT2D eigenvalue weighted by Gasteiger charge is 2.47. The minimum absolute atomic E-state index is 0.0228. The first-order chi connectivity index (χ1) is 11.8. The minimum Gasteiger partial charge on any atom is -0.409 e. The molecule has 0 aliphatic carbocycles. The second kappa shape index (κ2) is 9.02. The van der Waals surface area contributed by atoms with Gasteiger partial charge >= 0.3 is 7.12 Å². The predicted molar refractivity (Wildman–Crippen MR) is 80.2 cm³/mol. The van der Waals surface area contributed by atoms with Crippen molar-refractivity contribution in [2.75, 3.05) is 19.8 Å². The van der Waals surface area contributed by atoms with Gasteiger partial charge in [0.25, 0.3) is 0 Å². The Hall–Kier alpha value is -0.375. The first-order valence-electron chi connectivity index (χ1n) is 8.00. The zero-order chi connectivity index (χ0) is 18.7. The fourth-order valence-electron chi connectivity index (χ4n) is 2.78. The number of aliphatic hydroxyl groups excluding tert-OH is 7. The predicted octanol–water partition coefficient (Wildman–Crippen LogP) is -4.58. The Labute approximate surface area is 144 Å². The number of rotatable bonds is 7. The molecule has 11 nitrogen and oxygen atoms in total. The van der Waals surface area contributed by atoms with E-state index in [9.17, 15) is 35.7 Å². The lowest BCUT2D eigenvalue weighted by molar-refractivity contribution is -0.326. The summed E-state index contributed by atoms with van der Waals surface area (Å²) in [5.41, 5.74) is 0. The van der Waals surface area contributed by atoms with E-state index < -0.39 is 75.5 Å². The van der Waals surface area contributed by atoms with E-state index in [1.807, 2.05) is 0 Å². The summed E-state index contributed by atoms with van der Waals surface area (Å²) in [5.74, 6) is 0. The third kappa shape index (κ3) is 4.67. The van der Waals surface area contributed by atoms with Crippen LogP contribution in [0.4, 0.5) is 0 Å². The average molecular weight is 368 g/mol. The summed E-state index contributed by atoms with van der Waals surface area (Å²) < 4.78 is 21.0. The first-order valence-corrected chi connectivity index (χ1v) is 8.00. The van der Waals surface area contributed by atoms with E-state index >= 15 is 0 Å². The normalized spacial score (nSPS) is 40.1. The van der Waals surface area contributed by atoms with Gasteiger partial charge in [-0.15, -0.1) is 0 Å². The molecule has 1 unspecified atom stereocenters. The van der Waals surface area contributed by atoms with Gasteiger partial charge in [-0.25, -0.2) is 0 Å². The van der Waals surface area contributed by atoms with E-state index in [4.69, 9.17) is 18.8 Å². The molecule has 12 heteroatoms. The van der Waals surface area contributed by atoms with Crippen LogP contribution in [0.25, 0.3) is 0 Å². The lowest BCUT2D eigenvalue weighted by atomic mass is 9.96. The summed E-state index contributed by atoms with van der Waals surface area (Å²) in [4.78, 5) is 0. The fraction of sp³-hybridized carbons (Fsp3) is 1.00. The Morgan fingerprint density at radius 1 is 1.12 bits per heavy atom. The maximum Gasteiger partial charge on any atom is 0.453 e. The van der Waals surface area contributed by atoms with Gasteiger partial charge in [0, 0.05) is 0 Å². The molecule has 2 rings (SSSR count). The number of hydrogen-bond acceptors (Lipinski definition) is 11. The van der Waals surface area contributed by atoms with Crippen molar-refractivity contribution >= 4 is 7.12 Å². The largest absolute Gasteiger partial charge is 0.453 e. The van der Waals surface area contributed by atoms with Crippen LogP contribution in [0.15, 0.2) is 0 Å². The van der Waals surface area contributed by atoms with Gasteiger partial charge in [0.15, 0.2) is 6.29 Å². The van der Waals surface area contributed by atoms with Crippen molar-refractivity contribution in [2.24, 2.45) is 0 Å². The molecule has 2 saturated heterocycles. The molecule has 2 aliphatic heterocycles. The van der Waals surface area contributed by atoms with Crippen LogP contribution in [0.1, 0.15) is 0 Å². The van der Waals surface area contributed by atoms with Gasteiger partial charge in [0.2, 0.25) is 0 Å². The van der Waals surface area contributed by atoms with Gasteiger partial charge in [-0.05, 0) is 6.82 Å². The highest BCUT2D eigenvalue weighted by atomic mass is 16.7. The van der Waals surface area contributed by atoms with Crippen molar-refractivity contribution in [1.29, 1.82) is 0 Å². The van der Waals surface area contributed by atoms with Crippen LogP contribution in [-0.2, 0) is 18.8 Å². The quantitative estimate of drug-likeness (QED) is 0.215. The molecule has 0 radical (unpaired) electrons. The molecule has 7 N–H and O–H groups in total. The third-order valence-corrected chi connectivity index (χ3v) is 4.29. The number of ether oxygens (including phenoxy) is 2. The topological polar surface area (TPSA) is 179 Å². The lowest BCUT2D eigenvalue weighted by Crippen LogP contribution is -2.61. The summed E-state index contributed by atoms with van der Waals surface area (Å²) in [5, 5.41) is 68.2. The van der Waals surface area contributed by atoms with E-state index in [0.717, 1.165) is 0 Å². The molecule has 0 spiro atoms. The van der Waals surface area contributed by atoms with Crippen molar-refractivity contribution in [3.05, 3.63) is 0 Å². The summed E-state index contributed by atoms with van der Waals surface area (Å²) in [6, 6.07) is 0. The van der Waals surface area contributed by atoms with Gasteiger partial charge < -0.3 is 54.5 Å². The van der Waals surface area contributed by atoms with Crippen LogP contribution >= 0.6 is 0 Å². The maximum absolute atomic E-state index is 10.4. The molecule has 9 atom stereocenters. The summed E-state index contributed by atoms with van der Waals surface area (Å²) >= 11 is 0. The van der Waals surface area contributed by atoms with Crippen molar-refractivity contribution in [2.45, 2.75) is 61.9 Å². The van der Waals surface area contributed by atoms with Gasteiger partial charge in [0.1, 0.15) is 42.7 Å². The number of aliphatic hydroxyl groups is 7. The van der Waals surface area contributed by atoms with Crippen molar-refractivity contribution in [1.82, 2.24) is 0 Å². The molecule has 146 valence electrons. The Bertz CT molecular complexity index is 413. The van der Waals surface area contributed by atoms with Gasteiger partial charge in [-0.1, -0.05) is 0 Å². The monoisotopic (exact) mass is 368 g/mol. The smallest absolute Gasteiger partial charge is 0.409 e. The highest BCUT2D eigenvalue weighted by molar-refractivity contribution is 6.43. The minimum atomic E-state index is -1.71. The fourth-order valence-corrected chi connectivity index (χ4v) is 2.78. The number of hydrogen-bond donors (Lipinski definition) is 7. The molecule has 25 heavy (non-hydrogen) atoms. The summed E-state index contributed by atoms with van der Waals surface area (Å²) in [6.07, 6.45) is -13.0. The molecule has 0 saturated carbocycles. The summed E-state index contributed by atoms with van der Waals surface area (Å²) in [7, 11) is -0.571. The molecule has 0 aromatic rings. The Morgan fingerprint density at radius 3 is 2.32 bits per heavy atom.